The highest BCUT2D eigenvalue weighted by Gasteiger charge is 2.19. The second-order valence-corrected chi connectivity index (χ2v) is 7.05. The highest BCUT2D eigenvalue weighted by atomic mass is 127. The van der Waals surface area contributed by atoms with Crippen LogP contribution >= 0.6 is 24.0 Å². The van der Waals surface area contributed by atoms with Crippen LogP contribution in [0.3, 0.4) is 0 Å². The molecule has 0 unspecified atom stereocenters. The van der Waals surface area contributed by atoms with Gasteiger partial charge in [0.15, 0.2) is 5.96 Å². The van der Waals surface area contributed by atoms with Gasteiger partial charge in [0.05, 0.1) is 6.54 Å². The van der Waals surface area contributed by atoms with Gasteiger partial charge in [-0.3, -0.25) is 4.79 Å². The Kier molecular flexibility index (Phi) is 9.97. The summed E-state index contributed by atoms with van der Waals surface area (Å²) >= 11 is 0. The molecule has 0 atom stereocenters. The Balaban J connectivity index is 0.00000300. The molecule has 156 valence electrons. The monoisotopic (exact) mass is 506 g/mol. The zero-order valence-corrected chi connectivity index (χ0v) is 19.4. The zero-order chi connectivity index (χ0) is 19.6. The average molecular weight is 506 g/mol. The van der Waals surface area contributed by atoms with Gasteiger partial charge >= 0.3 is 0 Å². The number of hydrogen-bond acceptors (Lipinski definition) is 2. The predicted octanol–water partition coefficient (Wildman–Crippen LogP) is 3.72. The standard InChI is InChI=1S/C23H30N4O.HI/c1-2-24-23(26-17-19-9-4-3-5-10-19)25-15-8-13-22(28)27-16-14-20-11-6-7-12-21(20)18-27;/h3-7,9-12H,2,8,13-18H2,1H3,(H2,24,25,26);1H. The Morgan fingerprint density at radius 2 is 1.76 bits per heavy atom. The second kappa shape index (κ2) is 12.5. The van der Waals surface area contributed by atoms with E-state index in [9.17, 15) is 4.79 Å². The maximum atomic E-state index is 12.5. The number of hydrogen-bond donors (Lipinski definition) is 2. The van der Waals surface area contributed by atoms with Crippen molar-refractivity contribution >= 4 is 35.8 Å². The van der Waals surface area contributed by atoms with Crippen molar-refractivity contribution in [3.63, 3.8) is 0 Å². The number of fused-ring (bicyclic) bond motifs is 1. The molecular formula is C23H31IN4O. The third-order valence-corrected chi connectivity index (χ3v) is 4.95. The molecule has 0 aromatic heterocycles. The van der Waals surface area contributed by atoms with Crippen LogP contribution in [-0.2, 0) is 24.3 Å². The molecule has 29 heavy (non-hydrogen) atoms. The Labute approximate surface area is 191 Å². The van der Waals surface area contributed by atoms with Crippen LogP contribution in [0.15, 0.2) is 59.6 Å². The molecule has 1 aliphatic rings. The number of halogens is 1. The molecular weight excluding hydrogens is 475 g/mol. The Morgan fingerprint density at radius 1 is 1.03 bits per heavy atom. The molecule has 6 heteroatoms. The zero-order valence-electron chi connectivity index (χ0n) is 17.1. The Hall–Kier alpha value is -2.09. The van der Waals surface area contributed by atoms with Crippen molar-refractivity contribution in [1.82, 2.24) is 15.5 Å². The lowest BCUT2D eigenvalue weighted by Gasteiger charge is -2.29. The minimum absolute atomic E-state index is 0. The van der Waals surface area contributed by atoms with Crippen molar-refractivity contribution in [1.29, 1.82) is 0 Å². The van der Waals surface area contributed by atoms with Gasteiger partial charge in [-0.2, -0.15) is 0 Å². The molecule has 1 amide bonds. The van der Waals surface area contributed by atoms with Gasteiger partial charge in [-0.05, 0) is 36.5 Å². The lowest BCUT2D eigenvalue weighted by atomic mass is 9.99. The number of carbonyl (C=O) groups excluding carboxylic acids is 1. The SMILES string of the molecule is CCNC(=NCc1ccccc1)NCCCC(=O)N1CCc2ccccc2C1.I. The lowest BCUT2D eigenvalue weighted by molar-refractivity contribution is -0.132. The van der Waals surface area contributed by atoms with E-state index in [4.69, 9.17) is 0 Å². The normalized spacial score (nSPS) is 13.3. The highest BCUT2D eigenvalue weighted by Crippen LogP contribution is 2.19. The van der Waals surface area contributed by atoms with Gasteiger partial charge in [-0.25, -0.2) is 4.99 Å². The van der Waals surface area contributed by atoms with Gasteiger partial charge in [-0.1, -0.05) is 54.6 Å². The topological polar surface area (TPSA) is 56.7 Å². The fraction of sp³-hybridized carbons (Fsp3) is 0.391. The largest absolute Gasteiger partial charge is 0.357 e. The van der Waals surface area contributed by atoms with E-state index in [2.05, 4.69) is 52.9 Å². The first kappa shape index (κ1) is 23.2. The number of nitrogens with zero attached hydrogens (tertiary/aromatic N) is 2. The third kappa shape index (κ3) is 7.34. The predicted molar refractivity (Wildman–Crippen MR) is 129 cm³/mol. The van der Waals surface area contributed by atoms with Crippen LogP contribution in [0.25, 0.3) is 0 Å². The molecule has 2 N–H and O–H groups in total. The third-order valence-electron chi connectivity index (χ3n) is 4.95. The van der Waals surface area contributed by atoms with Crippen LogP contribution in [0.2, 0.25) is 0 Å². The van der Waals surface area contributed by atoms with Crippen molar-refractivity contribution in [2.45, 2.75) is 39.3 Å². The Morgan fingerprint density at radius 3 is 2.52 bits per heavy atom. The van der Waals surface area contributed by atoms with Crippen LogP contribution in [0, 0.1) is 0 Å². The molecule has 0 bridgehead atoms. The molecule has 1 aliphatic heterocycles. The summed E-state index contributed by atoms with van der Waals surface area (Å²) < 4.78 is 0. The number of guanidine groups is 1. The first-order chi connectivity index (χ1) is 13.8. The van der Waals surface area contributed by atoms with E-state index in [1.807, 2.05) is 29.2 Å². The number of nitrogens with one attached hydrogen (secondary N) is 2. The summed E-state index contributed by atoms with van der Waals surface area (Å²) in [5, 5.41) is 6.59. The Bertz CT molecular complexity index is 794. The van der Waals surface area contributed by atoms with Gasteiger partial charge < -0.3 is 15.5 Å². The molecule has 0 fully saturated rings. The number of carbonyl (C=O) groups is 1. The maximum Gasteiger partial charge on any atom is 0.222 e. The molecule has 5 nitrogen and oxygen atoms in total. The fourth-order valence-corrected chi connectivity index (χ4v) is 3.41. The van der Waals surface area contributed by atoms with Crippen LogP contribution < -0.4 is 10.6 Å². The molecule has 0 aliphatic carbocycles. The quantitative estimate of drug-likeness (QED) is 0.261. The average Bonchev–Trinajstić information content (AvgIpc) is 2.75. The number of amides is 1. The lowest BCUT2D eigenvalue weighted by Crippen LogP contribution is -2.39. The summed E-state index contributed by atoms with van der Waals surface area (Å²) in [7, 11) is 0. The molecule has 3 rings (SSSR count). The molecule has 0 radical (unpaired) electrons. The molecule has 0 spiro atoms. The van der Waals surface area contributed by atoms with Gasteiger partial charge in [0.1, 0.15) is 0 Å². The highest BCUT2D eigenvalue weighted by molar-refractivity contribution is 14.0. The van der Waals surface area contributed by atoms with Crippen LogP contribution in [-0.4, -0.2) is 36.4 Å². The molecule has 2 aromatic carbocycles. The first-order valence-corrected chi connectivity index (χ1v) is 10.2. The summed E-state index contributed by atoms with van der Waals surface area (Å²) in [4.78, 5) is 19.1. The van der Waals surface area contributed by atoms with E-state index in [-0.39, 0.29) is 29.9 Å². The number of benzene rings is 2. The first-order valence-electron chi connectivity index (χ1n) is 10.2. The van der Waals surface area contributed by atoms with E-state index < -0.39 is 0 Å². The molecule has 0 saturated carbocycles. The summed E-state index contributed by atoms with van der Waals surface area (Å²) in [5.41, 5.74) is 3.83. The fourth-order valence-electron chi connectivity index (χ4n) is 3.41. The second-order valence-electron chi connectivity index (χ2n) is 7.05. The smallest absolute Gasteiger partial charge is 0.222 e. The molecule has 1 heterocycles. The van der Waals surface area contributed by atoms with E-state index in [0.29, 0.717) is 13.0 Å². The summed E-state index contributed by atoms with van der Waals surface area (Å²) in [6, 6.07) is 18.6. The summed E-state index contributed by atoms with van der Waals surface area (Å²) in [5.74, 6) is 1.04. The van der Waals surface area contributed by atoms with Gasteiger partial charge in [0.25, 0.3) is 0 Å². The number of aliphatic imine (C=N–C) groups is 1. The summed E-state index contributed by atoms with van der Waals surface area (Å²) in [6.45, 7) is 5.80. The van der Waals surface area contributed by atoms with Crippen molar-refractivity contribution < 1.29 is 4.79 Å². The van der Waals surface area contributed by atoms with E-state index in [1.165, 1.54) is 16.7 Å². The summed E-state index contributed by atoms with van der Waals surface area (Å²) in [6.07, 6.45) is 2.32. The van der Waals surface area contributed by atoms with Crippen molar-refractivity contribution in [2.75, 3.05) is 19.6 Å². The van der Waals surface area contributed by atoms with Crippen molar-refractivity contribution in [3.8, 4) is 0 Å². The van der Waals surface area contributed by atoms with Gasteiger partial charge in [0, 0.05) is 32.6 Å². The van der Waals surface area contributed by atoms with Gasteiger partial charge in [-0.15, -0.1) is 24.0 Å². The van der Waals surface area contributed by atoms with Crippen LogP contribution in [0.4, 0.5) is 0 Å². The van der Waals surface area contributed by atoms with Gasteiger partial charge in [0.2, 0.25) is 5.91 Å². The maximum absolute atomic E-state index is 12.5. The number of rotatable bonds is 7. The minimum atomic E-state index is 0. The van der Waals surface area contributed by atoms with Crippen molar-refractivity contribution in [3.05, 3.63) is 71.3 Å². The minimum Gasteiger partial charge on any atom is -0.357 e. The van der Waals surface area contributed by atoms with E-state index >= 15 is 0 Å². The van der Waals surface area contributed by atoms with E-state index in [0.717, 1.165) is 45.0 Å². The van der Waals surface area contributed by atoms with Crippen LogP contribution in [0.5, 0.6) is 0 Å². The van der Waals surface area contributed by atoms with Crippen LogP contribution in [0.1, 0.15) is 36.5 Å². The molecule has 0 saturated heterocycles. The van der Waals surface area contributed by atoms with Crippen molar-refractivity contribution in [2.24, 2.45) is 4.99 Å². The van der Waals surface area contributed by atoms with E-state index in [1.54, 1.807) is 0 Å². The molecule has 2 aromatic rings.